The number of aliphatic hydroxyl groups excluding tert-OH is 1. The van der Waals surface area contributed by atoms with Crippen molar-refractivity contribution in [1.82, 2.24) is 0 Å². The Bertz CT molecular complexity index is 797. The van der Waals surface area contributed by atoms with Crippen LogP contribution in [0.25, 0.3) is 0 Å². The fourth-order valence-electron chi connectivity index (χ4n) is 4.86. The van der Waals surface area contributed by atoms with E-state index in [4.69, 9.17) is 33.2 Å². The summed E-state index contributed by atoms with van der Waals surface area (Å²) in [6, 6.07) is 0. The van der Waals surface area contributed by atoms with Crippen molar-refractivity contribution in [3.63, 3.8) is 0 Å². The van der Waals surface area contributed by atoms with Crippen LogP contribution in [0.15, 0.2) is 0 Å². The van der Waals surface area contributed by atoms with Crippen LogP contribution in [0.4, 0.5) is 0 Å². The van der Waals surface area contributed by atoms with E-state index in [0.29, 0.717) is 59.3 Å². The Kier molecular flexibility index (Phi) is 27.5. The second-order valence-corrected chi connectivity index (χ2v) is 11.2. The smallest absolute Gasteiger partial charge is 0.312 e. The molecule has 3 unspecified atom stereocenters. The van der Waals surface area contributed by atoms with Crippen molar-refractivity contribution in [3.05, 3.63) is 0 Å². The van der Waals surface area contributed by atoms with Crippen LogP contribution in [0.2, 0.25) is 0 Å². The van der Waals surface area contributed by atoms with Gasteiger partial charge in [0.2, 0.25) is 0 Å². The van der Waals surface area contributed by atoms with Gasteiger partial charge in [-0.1, -0.05) is 82.5 Å². The maximum absolute atomic E-state index is 12.1. The molecule has 0 bridgehead atoms. The largest absolute Gasteiger partial charge is 0.460 e. The van der Waals surface area contributed by atoms with Gasteiger partial charge in [0, 0.05) is 20.0 Å². The minimum Gasteiger partial charge on any atom is -0.460 e. The van der Waals surface area contributed by atoms with Crippen LogP contribution < -0.4 is 0 Å². The SMILES string of the molecule is CCCCCCCC#CCOCCOCCOCCOCC#CCC(O)CCCCCCCC1C(=O)O[C@@H](C)C1OCOC. The molecule has 1 N–H and O–H groups in total. The average Bonchev–Trinajstić information content (AvgIpc) is 3.29. The molecular formula is C35H60O9. The number of unbranched alkanes of at least 4 members (excludes halogenated alkanes) is 9. The van der Waals surface area contributed by atoms with Gasteiger partial charge in [-0.2, -0.15) is 0 Å². The number of carbonyl (C=O) groups excluding carboxylic acids is 1. The van der Waals surface area contributed by atoms with Crippen molar-refractivity contribution in [1.29, 1.82) is 0 Å². The van der Waals surface area contributed by atoms with E-state index in [-0.39, 0.29) is 30.9 Å². The first kappa shape index (κ1) is 40.3. The molecule has 4 atom stereocenters. The molecule has 1 heterocycles. The fourth-order valence-corrected chi connectivity index (χ4v) is 4.86. The van der Waals surface area contributed by atoms with Gasteiger partial charge < -0.3 is 38.3 Å². The summed E-state index contributed by atoms with van der Waals surface area (Å²) < 4.78 is 37.8. The van der Waals surface area contributed by atoms with E-state index in [0.717, 1.165) is 51.4 Å². The first-order valence-corrected chi connectivity index (χ1v) is 16.8. The number of hydrogen-bond donors (Lipinski definition) is 1. The van der Waals surface area contributed by atoms with Crippen molar-refractivity contribution in [3.8, 4) is 23.7 Å². The lowest BCUT2D eigenvalue weighted by Crippen LogP contribution is -2.29. The van der Waals surface area contributed by atoms with Gasteiger partial charge >= 0.3 is 5.97 Å². The number of aliphatic hydroxyl groups is 1. The Morgan fingerprint density at radius 1 is 0.773 bits per heavy atom. The normalized spacial score (nSPS) is 18.4. The Morgan fingerprint density at radius 2 is 1.36 bits per heavy atom. The zero-order valence-corrected chi connectivity index (χ0v) is 27.8. The molecule has 1 saturated heterocycles. The monoisotopic (exact) mass is 624 g/mol. The Balaban J connectivity index is 1.84. The zero-order chi connectivity index (χ0) is 31.9. The Morgan fingerprint density at radius 3 is 2.05 bits per heavy atom. The van der Waals surface area contributed by atoms with Crippen molar-refractivity contribution in [2.45, 2.75) is 122 Å². The maximum Gasteiger partial charge on any atom is 0.312 e. The van der Waals surface area contributed by atoms with Gasteiger partial charge in [0.15, 0.2) is 0 Å². The van der Waals surface area contributed by atoms with Crippen molar-refractivity contribution < 1.29 is 43.1 Å². The van der Waals surface area contributed by atoms with Crippen LogP contribution in [0.3, 0.4) is 0 Å². The van der Waals surface area contributed by atoms with Crippen LogP contribution in [0.1, 0.15) is 104 Å². The molecule has 0 aromatic heterocycles. The lowest BCUT2D eigenvalue weighted by molar-refractivity contribution is -0.144. The molecule has 1 aliphatic rings. The second-order valence-electron chi connectivity index (χ2n) is 11.2. The second kappa shape index (κ2) is 30.0. The van der Waals surface area contributed by atoms with Crippen molar-refractivity contribution >= 4 is 5.97 Å². The Hall–Kier alpha value is -1.69. The third-order valence-corrected chi connectivity index (χ3v) is 7.35. The number of rotatable bonds is 28. The van der Waals surface area contributed by atoms with E-state index in [1.54, 1.807) is 7.11 Å². The average molecular weight is 625 g/mol. The summed E-state index contributed by atoms with van der Waals surface area (Å²) in [6.07, 6.45) is 13.5. The highest BCUT2D eigenvalue weighted by Gasteiger charge is 2.42. The predicted octanol–water partition coefficient (Wildman–Crippen LogP) is 5.45. The van der Waals surface area contributed by atoms with E-state index in [1.165, 1.54) is 32.1 Å². The number of esters is 1. The van der Waals surface area contributed by atoms with Crippen LogP contribution >= 0.6 is 0 Å². The number of methoxy groups -OCH3 is 1. The van der Waals surface area contributed by atoms with Crippen LogP contribution in [0, 0.1) is 29.6 Å². The third-order valence-electron chi connectivity index (χ3n) is 7.35. The van der Waals surface area contributed by atoms with Crippen LogP contribution in [-0.4, -0.2) is 96.1 Å². The van der Waals surface area contributed by atoms with E-state index in [2.05, 4.69) is 30.6 Å². The highest BCUT2D eigenvalue weighted by Crippen LogP contribution is 2.29. The summed E-state index contributed by atoms with van der Waals surface area (Å²) in [5.41, 5.74) is 0. The molecule has 9 nitrogen and oxygen atoms in total. The minimum atomic E-state index is -0.414. The van der Waals surface area contributed by atoms with Crippen molar-refractivity contribution in [2.24, 2.45) is 5.92 Å². The summed E-state index contributed by atoms with van der Waals surface area (Å²) in [5.74, 6) is 11.8. The quantitative estimate of drug-likeness (QED) is 0.0527. The lowest BCUT2D eigenvalue weighted by Gasteiger charge is -2.18. The van der Waals surface area contributed by atoms with Gasteiger partial charge in [0.1, 0.15) is 32.2 Å². The minimum absolute atomic E-state index is 0.166. The molecule has 1 fully saturated rings. The number of carbonyl (C=O) groups is 1. The standard InChI is InChI=1S/C35H60O9/c1-4-5-6-7-8-9-13-17-22-39-24-26-41-28-29-42-27-25-40-23-18-16-20-32(36)19-14-11-10-12-15-21-33-34(43-30-38-3)31(2)44-35(33)37/h31-34,36H,4-12,14-15,19-30H2,1-3H3/t31-,32?,33?,34?/m0/s1. The molecule has 0 aliphatic carbocycles. The van der Waals surface area contributed by atoms with Gasteiger partial charge in [-0.25, -0.2) is 0 Å². The number of cyclic esters (lactones) is 1. The number of hydrogen-bond acceptors (Lipinski definition) is 9. The van der Waals surface area contributed by atoms with E-state index in [9.17, 15) is 9.90 Å². The van der Waals surface area contributed by atoms with E-state index >= 15 is 0 Å². The molecule has 0 amide bonds. The first-order chi connectivity index (χ1) is 21.6. The maximum atomic E-state index is 12.1. The highest BCUT2D eigenvalue weighted by atomic mass is 16.7. The molecule has 254 valence electrons. The molecule has 9 heteroatoms. The molecule has 1 rings (SSSR count). The van der Waals surface area contributed by atoms with Gasteiger partial charge in [-0.3, -0.25) is 4.79 Å². The van der Waals surface area contributed by atoms with E-state index in [1.807, 2.05) is 6.92 Å². The summed E-state index contributed by atoms with van der Waals surface area (Å²) >= 11 is 0. The topological polar surface area (TPSA) is 102 Å². The Labute approximate surface area is 267 Å². The molecular weight excluding hydrogens is 564 g/mol. The molecule has 1 aliphatic heterocycles. The molecule has 0 radical (unpaired) electrons. The summed E-state index contributed by atoms with van der Waals surface area (Å²) in [6.45, 7) is 8.11. The molecule has 0 spiro atoms. The summed E-state index contributed by atoms with van der Waals surface area (Å²) in [7, 11) is 1.57. The lowest BCUT2D eigenvalue weighted by atomic mass is 9.94. The van der Waals surface area contributed by atoms with Gasteiger partial charge in [0.05, 0.1) is 51.7 Å². The van der Waals surface area contributed by atoms with Gasteiger partial charge in [-0.05, 0) is 26.2 Å². The van der Waals surface area contributed by atoms with Gasteiger partial charge in [0.25, 0.3) is 0 Å². The van der Waals surface area contributed by atoms with Gasteiger partial charge in [-0.15, -0.1) is 5.92 Å². The molecule has 0 saturated carbocycles. The zero-order valence-electron chi connectivity index (χ0n) is 27.8. The molecule has 44 heavy (non-hydrogen) atoms. The first-order valence-electron chi connectivity index (χ1n) is 16.8. The molecule has 0 aromatic carbocycles. The summed E-state index contributed by atoms with van der Waals surface area (Å²) in [4.78, 5) is 12.1. The summed E-state index contributed by atoms with van der Waals surface area (Å²) in [5, 5.41) is 10.2. The highest BCUT2D eigenvalue weighted by molar-refractivity contribution is 5.75. The van der Waals surface area contributed by atoms with Crippen LogP contribution in [-0.2, 0) is 38.0 Å². The predicted molar refractivity (Wildman–Crippen MR) is 171 cm³/mol. The third kappa shape index (κ3) is 22.8. The van der Waals surface area contributed by atoms with E-state index < -0.39 is 6.10 Å². The van der Waals surface area contributed by atoms with Crippen LogP contribution in [0.5, 0.6) is 0 Å². The van der Waals surface area contributed by atoms with Crippen molar-refractivity contribution in [2.75, 3.05) is 66.8 Å². The molecule has 0 aromatic rings. The number of ether oxygens (including phenoxy) is 7. The fraction of sp³-hybridized carbons (Fsp3) is 0.857.